The fourth-order valence-corrected chi connectivity index (χ4v) is 4.12. The zero-order chi connectivity index (χ0) is 19.7. The van der Waals surface area contributed by atoms with Crippen LogP contribution in [-0.4, -0.2) is 50.0 Å². The highest BCUT2D eigenvalue weighted by Gasteiger charge is 2.26. The summed E-state index contributed by atoms with van der Waals surface area (Å²) >= 11 is 3.29. The third kappa shape index (κ3) is 6.73. The average Bonchev–Trinajstić information content (AvgIpc) is 2.66. The maximum atomic E-state index is 13.0. The van der Waals surface area contributed by atoms with Crippen LogP contribution in [0.15, 0.2) is 64.0 Å². The third-order valence-corrected chi connectivity index (χ3v) is 6.31. The van der Waals surface area contributed by atoms with Crippen LogP contribution in [0, 0.1) is 0 Å². The molecule has 0 saturated heterocycles. The molecule has 0 spiro atoms. The minimum absolute atomic E-state index is 0.0325. The molecule has 0 unspecified atom stereocenters. The number of sulfonamides is 1. The van der Waals surface area contributed by atoms with E-state index in [2.05, 4.69) is 21.2 Å². The van der Waals surface area contributed by atoms with Gasteiger partial charge in [-0.1, -0.05) is 46.3 Å². The van der Waals surface area contributed by atoms with Crippen molar-refractivity contribution >= 4 is 31.9 Å². The lowest BCUT2D eigenvalue weighted by molar-refractivity contribution is -0.121. The first-order chi connectivity index (χ1) is 12.9. The van der Waals surface area contributed by atoms with Crippen LogP contribution in [0.2, 0.25) is 0 Å². The lowest BCUT2D eigenvalue weighted by atomic mass is 10.1. The van der Waals surface area contributed by atoms with E-state index < -0.39 is 15.9 Å². The smallest absolute Gasteiger partial charge is 0.243 e. The standard InChI is InChI=1S/C19H23BrN2O4S/c20-17-7-9-18(10-8-17)27(25,26)22(15-19(24)21-12-4-14-23)13-11-16-5-2-1-3-6-16/h1-3,5-10,23H,4,11-15H2,(H,21,24). The van der Waals surface area contributed by atoms with Crippen LogP contribution in [0.3, 0.4) is 0 Å². The van der Waals surface area contributed by atoms with Crippen LogP contribution in [0.4, 0.5) is 0 Å². The molecule has 6 nitrogen and oxygen atoms in total. The van der Waals surface area contributed by atoms with Crippen molar-refractivity contribution in [2.45, 2.75) is 17.7 Å². The zero-order valence-corrected chi connectivity index (χ0v) is 17.2. The number of nitrogens with one attached hydrogen (secondary N) is 1. The molecule has 0 aliphatic carbocycles. The first-order valence-corrected chi connectivity index (χ1v) is 10.8. The van der Waals surface area contributed by atoms with Crippen molar-refractivity contribution in [2.75, 3.05) is 26.2 Å². The van der Waals surface area contributed by atoms with Crippen molar-refractivity contribution in [2.24, 2.45) is 0 Å². The van der Waals surface area contributed by atoms with Gasteiger partial charge in [0.2, 0.25) is 15.9 Å². The summed E-state index contributed by atoms with van der Waals surface area (Å²) in [6.07, 6.45) is 0.926. The Labute approximate surface area is 168 Å². The van der Waals surface area contributed by atoms with Gasteiger partial charge in [0, 0.05) is 24.2 Å². The SMILES string of the molecule is O=C(CN(CCc1ccccc1)S(=O)(=O)c1ccc(Br)cc1)NCCCO. The van der Waals surface area contributed by atoms with Crippen LogP contribution in [-0.2, 0) is 21.2 Å². The second-order valence-corrected chi connectivity index (χ2v) is 8.81. The van der Waals surface area contributed by atoms with E-state index in [0.717, 1.165) is 10.0 Å². The minimum Gasteiger partial charge on any atom is -0.396 e. The normalized spacial score (nSPS) is 11.5. The van der Waals surface area contributed by atoms with E-state index in [-0.39, 0.29) is 24.6 Å². The molecule has 27 heavy (non-hydrogen) atoms. The Morgan fingerprint density at radius 2 is 1.74 bits per heavy atom. The second kappa shape index (κ2) is 10.6. The number of nitrogens with zero attached hydrogens (tertiary/aromatic N) is 1. The summed E-state index contributed by atoms with van der Waals surface area (Å²) in [5.74, 6) is -0.391. The molecular weight excluding hydrogens is 432 g/mol. The quantitative estimate of drug-likeness (QED) is 0.538. The summed E-state index contributed by atoms with van der Waals surface area (Å²) in [4.78, 5) is 12.3. The molecule has 0 bridgehead atoms. The molecule has 2 rings (SSSR count). The topological polar surface area (TPSA) is 86.7 Å². The van der Waals surface area contributed by atoms with Crippen molar-refractivity contribution in [3.63, 3.8) is 0 Å². The van der Waals surface area contributed by atoms with Gasteiger partial charge in [-0.2, -0.15) is 4.31 Å². The van der Waals surface area contributed by atoms with Gasteiger partial charge in [-0.05, 0) is 42.7 Å². The first kappa shape index (κ1) is 21.6. The van der Waals surface area contributed by atoms with Crippen LogP contribution < -0.4 is 5.32 Å². The fourth-order valence-electron chi connectivity index (χ4n) is 2.46. The molecule has 0 aliphatic heterocycles. The van der Waals surface area contributed by atoms with Crippen LogP contribution >= 0.6 is 15.9 Å². The van der Waals surface area contributed by atoms with E-state index in [0.29, 0.717) is 19.4 Å². The Morgan fingerprint density at radius 3 is 2.37 bits per heavy atom. The molecule has 8 heteroatoms. The molecular formula is C19H23BrN2O4S. The predicted molar refractivity (Wildman–Crippen MR) is 108 cm³/mol. The van der Waals surface area contributed by atoms with E-state index >= 15 is 0 Å². The molecule has 0 fully saturated rings. The highest BCUT2D eigenvalue weighted by atomic mass is 79.9. The number of amides is 1. The van der Waals surface area contributed by atoms with Crippen LogP contribution in [0.1, 0.15) is 12.0 Å². The van der Waals surface area contributed by atoms with Crippen LogP contribution in [0.5, 0.6) is 0 Å². The van der Waals surface area contributed by atoms with E-state index in [1.54, 1.807) is 12.1 Å². The molecule has 0 aliphatic rings. The molecule has 0 radical (unpaired) electrons. The largest absolute Gasteiger partial charge is 0.396 e. The number of benzene rings is 2. The highest BCUT2D eigenvalue weighted by molar-refractivity contribution is 9.10. The summed E-state index contributed by atoms with van der Waals surface area (Å²) in [5, 5.41) is 11.4. The monoisotopic (exact) mass is 454 g/mol. The second-order valence-electron chi connectivity index (χ2n) is 5.96. The maximum absolute atomic E-state index is 13.0. The summed E-state index contributed by atoms with van der Waals surface area (Å²) in [6.45, 7) is 0.196. The minimum atomic E-state index is -3.81. The predicted octanol–water partition coefficient (Wildman–Crippen LogP) is 2.18. The molecule has 1 amide bonds. The fraction of sp³-hybridized carbons (Fsp3) is 0.316. The van der Waals surface area contributed by atoms with Gasteiger partial charge in [-0.3, -0.25) is 4.79 Å². The van der Waals surface area contributed by atoms with Gasteiger partial charge < -0.3 is 10.4 Å². The molecule has 2 N–H and O–H groups in total. The summed E-state index contributed by atoms with van der Waals surface area (Å²) in [7, 11) is -3.81. The summed E-state index contributed by atoms with van der Waals surface area (Å²) < 4.78 is 28.0. The number of aliphatic hydroxyl groups excluding tert-OH is 1. The lowest BCUT2D eigenvalue weighted by Gasteiger charge is -2.22. The van der Waals surface area contributed by atoms with Crippen molar-refractivity contribution < 1.29 is 18.3 Å². The van der Waals surface area contributed by atoms with E-state index in [1.807, 2.05) is 30.3 Å². The Kier molecular flexibility index (Phi) is 8.43. The van der Waals surface area contributed by atoms with Gasteiger partial charge in [0.15, 0.2) is 0 Å². The molecule has 0 heterocycles. The van der Waals surface area contributed by atoms with Crippen molar-refractivity contribution in [1.29, 1.82) is 0 Å². The highest BCUT2D eigenvalue weighted by Crippen LogP contribution is 2.19. The number of rotatable bonds is 10. The van der Waals surface area contributed by atoms with Gasteiger partial charge in [0.1, 0.15) is 0 Å². The number of carbonyl (C=O) groups excluding carboxylic acids is 1. The number of halogens is 1. The van der Waals surface area contributed by atoms with E-state index in [1.165, 1.54) is 16.4 Å². The van der Waals surface area contributed by atoms with Gasteiger partial charge >= 0.3 is 0 Å². The Hall–Kier alpha value is -1.74. The first-order valence-electron chi connectivity index (χ1n) is 8.60. The molecule has 146 valence electrons. The molecule has 0 atom stereocenters. The summed E-state index contributed by atoms with van der Waals surface area (Å²) in [6, 6.07) is 15.9. The van der Waals surface area contributed by atoms with Gasteiger partial charge in [0.05, 0.1) is 11.4 Å². The average molecular weight is 455 g/mol. The molecule has 2 aromatic rings. The van der Waals surface area contributed by atoms with Crippen molar-refractivity contribution in [1.82, 2.24) is 9.62 Å². The Balaban J connectivity index is 2.16. The molecule has 2 aromatic carbocycles. The van der Waals surface area contributed by atoms with E-state index in [4.69, 9.17) is 5.11 Å². The third-order valence-electron chi connectivity index (χ3n) is 3.92. The molecule has 0 aromatic heterocycles. The zero-order valence-electron chi connectivity index (χ0n) is 14.8. The van der Waals surface area contributed by atoms with Gasteiger partial charge in [-0.25, -0.2) is 8.42 Å². The van der Waals surface area contributed by atoms with Crippen molar-refractivity contribution in [3.05, 3.63) is 64.6 Å². The number of hydrogen-bond donors (Lipinski definition) is 2. The summed E-state index contributed by atoms with van der Waals surface area (Å²) in [5.41, 5.74) is 0.995. The number of carbonyl (C=O) groups is 1. The van der Waals surface area contributed by atoms with Gasteiger partial charge in [-0.15, -0.1) is 0 Å². The Bertz CT molecular complexity index is 827. The lowest BCUT2D eigenvalue weighted by Crippen LogP contribution is -2.42. The van der Waals surface area contributed by atoms with Gasteiger partial charge in [0.25, 0.3) is 0 Å². The van der Waals surface area contributed by atoms with Crippen molar-refractivity contribution in [3.8, 4) is 0 Å². The van der Waals surface area contributed by atoms with Crippen LogP contribution in [0.25, 0.3) is 0 Å². The Morgan fingerprint density at radius 1 is 1.07 bits per heavy atom. The molecule has 0 saturated carbocycles. The number of aliphatic hydroxyl groups is 1. The maximum Gasteiger partial charge on any atom is 0.243 e. The van der Waals surface area contributed by atoms with E-state index in [9.17, 15) is 13.2 Å². The number of hydrogen-bond acceptors (Lipinski definition) is 4.